The van der Waals surface area contributed by atoms with Crippen molar-refractivity contribution in [1.29, 1.82) is 0 Å². The van der Waals surface area contributed by atoms with E-state index in [4.69, 9.17) is 9.47 Å². The van der Waals surface area contributed by atoms with Crippen LogP contribution >= 0.6 is 0 Å². The Labute approximate surface area is 118 Å². The van der Waals surface area contributed by atoms with Crippen LogP contribution in [-0.2, 0) is 9.47 Å². The van der Waals surface area contributed by atoms with Gasteiger partial charge in [0.05, 0.1) is 6.61 Å². The summed E-state index contributed by atoms with van der Waals surface area (Å²) >= 11 is 0. The van der Waals surface area contributed by atoms with Crippen LogP contribution in [0.5, 0.6) is 11.5 Å². The fourth-order valence-electron chi connectivity index (χ4n) is 1.86. The van der Waals surface area contributed by atoms with Crippen LogP contribution in [0, 0.1) is 6.92 Å². The van der Waals surface area contributed by atoms with E-state index in [1.165, 1.54) is 18.2 Å². The Morgan fingerprint density at radius 3 is 2.60 bits per heavy atom. The van der Waals surface area contributed by atoms with Gasteiger partial charge in [-0.2, -0.15) is 0 Å². The molecule has 2 atom stereocenters. The maximum absolute atomic E-state index is 11.3. The number of carbonyl (C=O) groups is 1. The Kier molecular flexibility index (Phi) is 5.43. The Balaban J connectivity index is 2.96. The maximum atomic E-state index is 11.3. The third-order valence-corrected chi connectivity index (χ3v) is 3.06. The van der Waals surface area contributed by atoms with Crippen molar-refractivity contribution < 1.29 is 24.5 Å². The summed E-state index contributed by atoms with van der Waals surface area (Å²) in [6, 6.07) is 2.92. The Morgan fingerprint density at radius 1 is 1.40 bits per heavy atom. The van der Waals surface area contributed by atoms with Crippen LogP contribution in [-0.4, -0.2) is 29.1 Å². The molecule has 0 bridgehead atoms. The summed E-state index contributed by atoms with van der Waals surface area (Å²) < 4.78 is 9.82. The normalized spacial score (nSPS) is 13.3. The first-order valence-electron chi connectivity index (χ1n) is 6.39. The topological polar surface area (TPSA) is 76.0 Å². The molecule has 110 valence electrons. The third-order valence-electron chi connectivity index (χ3n) is 3.06. The summed E-state index contributed by atoms with van der Waals surface area (Å²) in [7, 11) is 0. The minimum Gasteiger partial charge on any atom is -0.508 e. The monoisotopic (exact) mass is 280 g/mol. The first-order valence-corrected chi connectivity index (χ1v) is 6.39. The highest BCUT2D eigenvalue weighted by Crippen LogP contribution is 2.34. The van der Waals surface area contributed by atoms with Crippen LogP contribution in [0.4, 0.5) is 4.79 Å². The molecule has 0 aliphatic carbocycles. The van der Waals surface area contributed by atoms with E-state index in [0.29, 0.717) is 11.1 Å². The van der Waals surface area contributed by atoms with E-state index in [2.05, 4.69) is 6.58 Å². The SMILES string of the molecule is C=CC(OC(=O)OCC)[C@H](C)c1cc(O)c(C)cc1O. The number of aryl methyl sites for hydroxylation is 1. The molecule has 1 aromatic rings. The van der Waals surface area contributed by atoms with Gasteiger partial charge in [-0.25, -0.2) is 4.79 Å². The Bertz CT molecular complexity index is 495. The number of aromatic hydroxyl groups is 2. The molecule has 0 heterocycles. The standard InChI is InChI=1S/C15H20O5/c1-5-14(20-15(18)19-6-2)10(4)11-8-12(16)9(3)7-13(11)17/h5,7-8,10,14,16-17H,1,6H2,2-4H3/t10-,14?/m1/s1. The van der Waals surface area contributed by atoms with Gasteiger partial charge < -0.3 is 19.7 Å². The van der Waals surface area contributed by atoms with Gasteiger partial charge in [0.2, 0.25) is 0 Å². The van der Waals surface area contributed by atoms with E-state index in [1.807, 2.05) is 0 Å². The quantitative estimate of drug-likeness (QED) is 0.492. The molecule has 0 spiro atoms. The van der Waals surface area contributed by atoms with Crippen LogP contribution in [0.3, 0.4) is 0 Å². The highest BCUT2D eigenvalue weighted by Gasteiger charge is 2.24. The molecule has 0 aliphatic rings. The minimum atomic E-state index is -0.792. The number of phenols is 2. The van der Waals surface area contributed by atoms with E-state index in [1.54, 1.807) is 20.8 Å². The molecule has 1 rings (SSSR count). The lowest BCUT2D eigenvalue weighted by Crippen LogP contribution is -2.22. The molecule has 0 saturated heterocycles. The van der Waals surface area contributed by atoms with Crippen molar-refractivity contribution >= 4 is 6.16 Å². The summed E-state index contributed by atoms with van der Waals surface area (Å²) in [5.74, 6) is -0.265. The molecule has 0 saturated carbocycles. The molecule has 0 amide bonds. The number of rotatable bonds is 5. The zero-order valence-corrected chi connectivity index (χ0v) is 11.9. The minimum absolute atomic E-state index is 0.0344. The second-order valence-corrected chi connectivity index (χ2v) is 4.49. The molecule has 5 nitrogen and oxygen atoms in total. The predicted octanol–water partition coefficient (Wildman–Crippen LogP) is 3.24. The molecule has 1 unspecified atom stereocenters. The zero-order valence-electron chi connectivity index (χ0n) is 11.9. The van der Waals surface area contributed by atoms with Crippen LogP contribution in [0.15, 0.2) is 24.8 Å². The van der Waals surface area contributed by atoms with Gasteiger partial charge in [0.25, 0.3) is 0 Å². The number of carbonyl (C=O) groups excluding carboxylic acids is 1. The van der Waals surface area contributed by atoms with E-state index in [0.717, 1.165) is 0 Å². The van der Waals surface area contributed by atoms with Crippen molar-refractivity contribution in [1.82, 2.24) is 0 Å². The summed E-state index contributed by atoms with van der Waals surface area (Å²) in [6.45, 7) is 8.95. The number of phenolic OH excluding ortho intramolecular Hbond substituents is 2. The molecule has 0 radical (unpaired) electrons. The second kappa shape index (κ2) is 6.84. The molecule has 0 fully saturated rings. The van der Waals surface area contributed by atoms with Crippen molar-refractivity contribution in [2.24, 2.45) is 0 Å². The first kappa shape index (κ1) is 15.9. The average molecular weight is 280 g/mol. The van der Waals surface area contributed by atoms with Crippen molar-refractivity contribution in [2.45, 2.75) is 32.8 Å². The lowest BCUT2D eigenvalue weighted by molar-refractivity contribution is 0.0341. The van der Waals surface area contributed by atoms with Crippen molar-refractivity contribution in [3.8, 4) is 11.5 Å². The van der Waals surface area contributed by atoms with Gasteiger partial charge >= 0.3 is 6.16 Å². The number of benzene rings is 1. The van der Waals surface area contributed by atoms with Crippen molar-refractivity contribution in [3.63, 3.8) is 0 Å². The number of ether oxygens (including phenoxy) is 2. The molecule has 5 heteroatoms. The lowest BCUT2D eigenvalue weighted by Gasteiger charge is -2.22. The summed E-state index contributed by atoms with van der Waals surface area (Å²) in [6.07, 6.45) is -0.0000804. The van der Waals surface area contributed by atoms with Gasteiger partial charge in [0.1, 0.15) is 17.6 Å². The fourth-order valence-corrected chi connectivity index (χ4v) is 1.86. The first-order chi connectivity index (χ1) is 9.40. The molecular formula is C15H20O5. The predicted molar refractivity (Wildman–Crippen MR) is 75.0 cm³/mol. The molecular weight excluding hydrogens is 260 g/mol. The van der Waals surface area contributed by atoms with E-state index < -0.39 is 12.3 Å². The Hall–Kier alpha value is -2.17. The smallest absolute Gasteiger partial charge is 0.508 e. The third kappa shape index (κ3) is 3.66. The summed E-state index contributed by atoms with van der Waals surface area (Å²) in [5, 5.41) is 19.7. The highest BCUT2D eigenvalue weighted by atomic mass is 16.7. The van der Waals surface area contributed by atoms with Gasteiger partial charge in [-0.05, 0) is 31.5 Å². The largest absolute Gasteiger partial charge is 0.508 e. The highest BCUT2D eigenvalue weighted by molar-refractivity contribution is 5.60. The molecule has 0 aromatic heterocycles. The molecule has 0 aliphatic heterocycles. The van der Waals surface area contributed by atoms with Gasteiger partial charge in [-0.3, -0.25) is 0 Å². The summed E-state index contributed by atoms with van der Waals surface area (Å²) in [4.78, 5) is 11.3. The van der Waals surface area contributed by atoms with Crippen molar-refractivity contribution in [3.05, 3.63) is 35.9 Å². The fraction of sp³-hybridized carbons (Fsp3) is 0.400. The van der Waals surface area contributed by atoms with Gasteiger partial charge in [0.15, 0.2) is 0 Å². The number of hydrogen-bond acceptors (Lipinski definition) is 5. The van der Waals surface area contributed by atoms with E-state index in [9.17, 15) is 15.0 Å². The van der Waals surface area contributed by atoms with Crippen LogP contribution in [0.25, 0.3) is 0 Å². The van der Waals surface area contributed by atoms with E-state index >= 15 is 0 Å². The van der Waals surface area contributed by atoms with Gasteiger partial charge in [-0.15, -0.1) is 0 Å². The molecule has 2 N–H and O–H groups in total. The number of hydrogen-bond donors (Lipinski definition) is 2. The molecule has 20 heavy (non-hydrogen) atoms. The average Bonchev–Trinajstić information content (AvgIpc) is 2.39. The second-order valence-electron chi connectivity index (χ2n) is 4.49. The molecule has 1 aromatic carbocycles. The Morgan fingerprint density at radius 2 is 2.05 bits per heavy atom. The maximum Gasteiger partial charge on any atom is 0.508 e. The van der Waals surface area contributed by atoms with Crippen molar-refractivity contribution in [2.75, 3.05) is 6.61 Å². The van der Waals surface area contributed by atoms with Crippen LogP contribution < -0.4 is 0 Å². The van der Waals surface area contributed by atoms with Gasteiger partial charge in [0, 0.05) is 11.5 Å². The van der Waals surface area contributed by atoms with Crippen LogP contribution in [0.2, 0.25) is 0 Å². The van der Waals surface area contributed by atoms with E-state index in [-0.39, 0.29) is 24.0 Å². The zero-order chi connectivity index (χ0) is 15.3. The van der Waals surface area contributed by atoms with Crippen LogP contribution in [0.1, 0.15) is 30.9 Å². The summed E-state index contributed by atoms with van der Waals surface area (Å²) in [5.41, 5.74) is 1.04. The lowest BCUT2D eigenvalue weighted by atomic mass is 9.93. The van der Waals surface area contributed by atoms with Gasteiger partial charge in [-0.1, -0.05) is 19.6 Å².